The molecule has 1 aliphatic carbocycles. The van der Waals surface area contributed by atoms with E-state index in [1.54, 1.807) is 9.80 Å². The van der Waals surface area contributed by atoms with E-state index in [0.717, 1.165) is 12.8 Å². The summed E-state index contributed by atoms with van der Waals surface area (Å²) >= 11 is 0. The highest BCUT2D eigenvalue weighted by Gasteiger charge is 2.56. The number of piperidine rings is 1. The van der Waals surface area contributed by atoms with Crippen LogP contribution in [0.15, 0.2) is 24.3 Å². The van der Waals surface area contributed by atoms with E-state index in [9.17, 15) is 14.0 Å². The van der Waals surface area contributed by atoms with E-state index in [-0.39, 0.29) is 36.3 Å². The van der Waals surface area contributed by atoms with Crippen molar-refractivity contribution in [1.82, 2.24) is 15.1 Å². The van der Waals surface area contributed by atoms with Gasteiger partial charge in [-0.25, -0.2) is 4.39 Å². The zero-order chi connectivity index (χ0) is 18.3. The molecule has 26 heavy (non-hydrogen) atoms. The maximum Gasteiger partial charge on any atom is 0.253 e. The van der Waals surface area contributed by atoms with Crippen LogP contribution in [0.5, 0.6) is 0 Å². The zero-order valence-corrected chi connectivity index (χ0v) is 14.4. The molecule has 3 atom stereocenters. The Morgan fingerprint density at radius 1 is 1.23 bits per heavy atom. The van der Waals surface area contributed by atoms with E-state index in [1.807, 2.05) is 0 Å². The lowest BCUT2D eigenvalue weighted by Gasteiger charge is -2.22. The standard InChI is InChI=1S/C19H21FN4O2/c20-13-5-3-12(4-6-13)19(26)23-10-15-16(11-23)18(15)22-9-17(25)24-7-1-2-14(24)8-21/h3-6,14-16,18,22H,1-2,7,9-11H2/t14-,15?,16?,18?/m0/s1. The minimum Gasteiger partial charge on any atom is -0.338 e. The summed E-state index contributed by atoms with van der Waals surface area (Å²) in [6, 6.07) is 7.78. The average Bonchev–Trinajstić information content (AvgIpc) is 3.03. The van der Waals surface area contributed by atoms with Gasteiger partial charge in [0, 0.05) is 31.2 Å². The van der Waals surface area contributed by atoms with Gasteiger partial charge < -0.3 is 15.1 Å². The van der Waals surface area contributed by atoms with Gasteiger partial charge in [0.25, 0.3) is 5.91 Å². The molecule has 2 heterocycles. The van der Waals surface area contributed by atoms with Crippen molar-refractivity contribution < 1.29 is 14.0 Å². The predicted molar refractivity (Wildman–Crippen MR) is 91.4 cm³/mol. The second kappa shape index (κ2) is 6.69. The van der Waals surface area contributed by atoms with Crippen molar-refractivity contribution in [3.8, 4) is 6.07 Å². The van der Waals surface area contributed by atoms with Crippen molar-refractivity contribution in [3.05, 3.63) is 35.6 Å². The summed E-state index contributed by atoms with van der Waals surface area (Å²) in [7, 11) is 0. The molecule has 2 amide bonds. The zero-order valence-electron chi connectivity index (χ0n) is 14.4. The molecule has 1 saturated carbocycles. The number of fused-ring (bicyclic) bond motifs is 1. The molecule has 1 aromatic rings. The lowest BCUT2D eigenvalue weighted by Crippen LogP contribution is -2.43. The Morgan fingerprint density at radius 2 is 1.92 bits per heavy atom. The Bertz CT molecular complexity index is 748. The molecule has 0 radical (unpaired) electrons. The minimum atomic E-state index is -0.351. The van der Waals surface area contributed by atoms with Crippen molar-refractivity contribution in [3.63, 3.8) is 0 Å². The molecular formula is C19H21FN4O2. The molecule has 1 N–H and O–H groups in total. The number of hydrogen-bond donors (Lipinski definition) is 1. The number of nitrogens with one attached hydrogen (secondary N) is 1. The Kier molecular flexibility index (Phi) is 4.37. The van der Waals surface area contributed by atoms with Gasteiger partial charge in [-0.05, 0) is 48.9 Å². The number of nitrogens with zero attached hydrogens (tertiary/aromatic N) is 3. The molecule has 7 heteroatoms. The second-order valence-corrected chi connectivity index (χ2v) is 7.33. The third kappa shape index (κ3) is 3.06. The molecule has 2 aliphatic heterocycles. The van der Waals surface area contributed by atoms with Gasteiger partial charge >= 0.3 is 0 Å². The summed E-state index contributed by atoms with van der Waals surface area (Å²) in [4.78, 5) is 28.2. The first-order chi connectivity index (χ1) is 12.6. The fourth-order valence-electron chi connectivity index (χ4n) is 4.28. The number of rotatable bonds is 4. The topological polar surface area (TPSA) is 76.4 Å². The number of nitriles is 1. The third-order valence-corrected chi connectivity index (χ3v) is 5.78. The fraction of sp³-hybridized carbons (Fsp3) is 0.526. The first-order valence-electron chi connectivity index (χ1n) is 9.06. The van der Waals surface area contributed by atoms with Crippen LogP contribution >= 0.6 is 0 Å². The molecule has 136 valence electrons. The van der Waals surface area contributed by atoms with Gasteiger partial charge in [-0.3, -0.25) is 9.59 Å². The van der Waals surface area contributed by atoms with Crippen LogP contribution in [0.4, 0.5) is 4.39 Å². The van der Waals surface area contributed by atoms with Gasteiger partial charge in [-0.1, -0.05) is 0 Å². The average molecular weight is 356 g/mol. The van der Waals surface area contributed by atoms with Crippen molar-refractivity contribution >= 4 is 11.8 Å². The smallest absolute Gasteiger partial charge is 0.253 e. The highest BCUT2D eigenvalue weighted by Crippen LogP contribution is 2.45. The molecule has 3 fully saturated rings. The van der Waals surface area contributed by atoms with E-state index in [4.69, 9.17) is 5.26 Å². The Labute approximate surface area is 151 Å². The molecule has 2 saturated heterocycles. The van der Waals surface area contributed by atoms with Crippen LogP contribution in [0, 0.1) is 29.0 Å². The largest absolute Gasteiger partial charge is 0.338 e. The number of carbonyl (C=O) groups is 2. The van der Waals surface area contributed by atoms with Gasteiger partial charge in [0.15, 0.2) is 0 Å². The van der Waals surface area contributed by atoms with Gasteiger partial charge in [0.05, 0.1) is 12.6 Å². The minimum absolute atomic E-state index is 0.0155. The summed E-state index contributed by atoms with van der Waals surface area (Å²) < 4.78 is 13.0. The van der Waals surface area contributed by atoms with E-state index in [0.29, 0.717) is 37.0 Å². The SMILES string of the molecule is N#C[C@@H]1CCCN1C(=O)CNC1C2CN(C(=O)c3ccc(F)cc3)CC21. The van der Waals surface area contributed by atoms with Crippen LogP contribution in [-0.2, 0) is 4.79 Å². The van der Waals surface area contributed by atoms with Crippen molar-refractivity contribution in [1.29, 1.82) is 5.26 Å². The van der Waals surface area contributed by atoms with Gasteiger partial charge in [-0.2, -0.15) is 5.26 Å². The lowest BCUT2D eigenvalue weighted by atomic mass is 10.2. The van der Waals surface area contributed by atoms with Crippen LogP contribution in [0.2, 0.25) is 0 Å². The highest BCUT2D eigenvalue weighted by atomic mass is 19.1. The molecule has 4 rings (SSSR count). The van der Waals surface area contributed by atoms with Crippen LogP contribution < -0.4 is 5.32 Å². The lowest BCUT2D eigenvalue weighted by molar-refractivity contribution is -0.130. The Balaban J connectivity index is 1.25. The van der Waals surface area contributed by atoms with E-state index in [2.05, 4.69) is 11.4 Å². The first kappa shape index (κ1) is 17.0. The maximum absolute atomic E-state index is 13.0. The highest BCUT2D eigenvalue weighted by molar-refractivity contribution is 5.94. The molecule has 0 spiro atoms. The van der Waals surface area contributed by atoms with Crippen LogP contribution in [0.25, 0.3) is 0 Å². The maximum atomic E-state index is 13.0. The van der Waals surface area contributed by atoms with Crippen molar-refractivity contribution in [2.24, 2.45) is 11.8 Å². The monoisotopic (exact) mass is 356 g/mol. The molecule has 6 nitrogen and oxygen atoms in total. The van der Waals surface area contributed by atoms with Crippen LogP contribution in [0.3, 0.4) is 0 Å². The molecule has 1 aromatic carbocycles. The van der Waals surface area contributed by atoms with Gasteiger partial charge in [0.2, 0.25) is 5.91 Å². The van der Waals surface area contributed by atoms with E-state index < -0.39 is 0 Å². The summed E-state index contributed by atoms with van der Waals surface area (Å²) in [5, 5.41) is 12.4. The molecule has 0 aromatic heterocycles. The molecule has 3 aliphatic rings. The predicted octanol–water partition coefficient (Wildman–Crippen LogP) is 1.00. The molecule has 2 unspecified atom stereocenters. The quantitative estimate of drug-likeness (QED) is 0.873. The second-order valence-electron chi connectivity index (χ2n) is 7.33. The van der Waals surface area contributed by atoms with Crippen molar-refractivity contribution in [2.75, 3.05) is 26.2 Å². The Morgan fingerprint density at radius 3 is 2.58 bits per heavy atom. The first-order valence-corrected chi connectivity index (χ1v) is 9.06. The number of halogens is 1. The summed E-state index contributed by atoms with van der Waals surface area (Å²) in [6.45, 7) is 2.24. The third-order valence-electron chi connectivity index (χ3n) is 5.78. The van der Waals surface area contributed by atoms with Crippen LogP contribution in [-0.4, -0.2) is 59.9 Å². The fourth-order valence-corrected chi connectivity index (χ4v) is 4.28. The number of carbonyl (C=O) groups excluding carboxylic acids is 2. The van der Waals surface area contributed by atoms with E-state index >= 15 is 0 Å². The Hall–Kier alpha value is -2.46. The molecular weight excluding hydrogens is 335 g/mol. The van der Waals surface area contributed by atoms with E-state index in [1.165, 1.54) is 24.3 Å². The van der Waals surface area contributed by atoms with Crippen LogP contribution in [0.1, 0.15) is 23.2 Å². The van der Waals surface area contributed by atoms with Gasteiger partial charge in [0.1, 0.15) is 11.9 Å². The number of amides is 2. The molecule has 0 bridgehead atoms. The van der Waals surface area contributed by atoms with Crippen molar-refractivity contribution in [2.45, 2.75) is 24.9 Å². The number of benzene rings is 1. The number of likely N-dealkylation sites (tertiary alicyclic amines) is 2. The summed E-state index contributed by atoms with van der Waals surface area (Å²) in [5.41, 5.74) is 0.504. The summed E-state index contributed by atoms with van der Waals surface area (Å²) in [5.74, 6) is 0.311. The normalized spacial score (nSPS) is 29.4. The summed E-state index contributed by atoms with van der Waals surface area (Å²) in [6.07, 6.45) is 1.65. The van der Waals surface area contributed by atoms with Gasteiger partial charge in [-0.15, -0.1) is 0 Å². The number of hydrogen-bond acceptors (Lipinski definition) is 4.